The fraction of sp³-hybridized carbons (Fsp3) is 0.0800. The molecule has 0 saturated heterocycles. The summed E-state index contributed by atoms with van der Waals surface area (Å²) >= 11 is 0. The number of hydrogen-bond acceptors (Lipinski definition) is 5. The van der Waals surface area contributed by atoms with Gasteiger partial charge in [-0.2, -0.15) is 0 Å². The van der Waals surface area contributed by atoms with E-state index in [9.17, 15) is 19.7 Å². The molecule has 0 spiro atoms. The summed E-state index contributed by atoms with van der Waals surface area (Å²) in [6.07, 6.45) is 0. The minimum Gasteiger partial charge on any atom is -0.293 e. The van der Waals surface area contributed by atoms with E-state index in [0.717, 1.165) is 5.56 Å². The first-order valence-corrected chi connectivity index (χ1v) is 9.91. The maximum Gasteiger partial charge on any atom is 0.276 e. The smallest absolute Gasteiger partial charge is 0.276 e. The first-order chi connectivity index (χ1) is 15.1. The molecule has 2 unspecified atom stereocenters. The van der Waals surface area contributed by atoms with Crippen LogP contribution >= 0.6 is 0 Å². The molecule has 0 radical (unpaired) electrons. The second kappa shape index (κ2) is 6.15. The van der Waals surface area contributed by atoms with Crippen LogP contribution in [0.5, 0.6) is 0 Å². The lowest BCUT2D eigenvalue weighted by atomic mass is 9.79. The van der Waals surface area contributed by atoms with Gasteiger partial charge in [-0.25, -0.2) is 0 Å². The number of nitro groups is 1. The summed E-state index contributed by atoms with van der Waals surface area (Å²) in [5.74, 6) is -1.17. The molecule has 0 N–H and O–H groups in total. The van der Waals surface area contributed by atoms with E-state index in [1.165, 1.54) is 6.07 Å². The number of dihydropyridines is 1. The highest BCUT2D eigenvalue weighted by Gasteiger charge is 2.50. The molecule has 31 heavy (non-hydrogen) atoms. The Bertz CT molecular complexity index is 1420. The first-order valence-electron chi connectivity index (χ1n) is 9.91. The summed E-state index contributed by atoms with van der Waals surface area (Å²) in [6.45, 7) is 0. The highest BCUT2D eigenvalue weighted by atomic mass is 16.6. The molecular weight excluding hydrogens is 392 g/mol. The summed E-state index contributed by atoms with van der Waals surface area (Å²) in [6, 6.07) is 20.2. The van der Waals surface area contributed by atoms with E-state index >= 15 is 0 Å². The molecule has 1 aliphatic heterocycles. The predicted molar refractivity (Wildman–Crippen MR) is 114 cm³/mol. The van der Waals surface area contributed by atoms with Crippen LogP contribution in [-0.2, 0) is 0 Å². The molecule has 6 nitrogen and oxygen atoms in total. The molecule has 0 aromatic heterocycles. The second-order valence-corrected chi connectivity index (χ2v) is 7.79. The second-order valence-electron chi connectivity index (χ2n) is 7.79. The highest BCUT2D eigenvalue weighted by Crippen LogP contribution is 2.53. The number of rotatable bonds is 2. The van der Waals surface area contributed by atoms with Crippen molar-refractivity contribution in [2.24, 2.45) is 10.9 Å². The van der Waals surface area contributed by atoms with Gasteiger partial charge in [-0.05, 0) is 17.2 Å². The van der Waals surface area contributed by atoms with E-state index in [1.807, 2.05) is 24.3 Å². The Morgan fingerprint density at radius 2 is 1.39 bits per heavy atom. The van der Waals surface area contributed by atoms with Gasteiger partial charge in [-0.3, -0.25) is 24.7 Å². The van der Waals surface area contributed by atoms with E-state index in [0.29, 0.717) is 39.1 Å². The summed E-state index contributed by atoms with van der Waals surface area (Å²) in [4.78, 5) is 43.2. The molecule has 0 saturated carbocycles. The first kappa shape index (κ1) is 17.7. The lowest BCUT2D eigenvalue weighted by Crippen LogP contribution is -2.25. The summed E-state index contributed by atoms with van der Waals surface area (Å²) in [7, 11) is 0. The zero-order chi connectivity index (χ0) is 21.3. The molecule has 3 aliphatic rings. The molecule has 2 atom stereocenters. The van der Waals surface area contributed by atoms with Crippen LogP contribution in [0.25, 0.3) is 5.57 Å². The van der Waals surface area contributed by atoms with Crippen LogP contribution in [0.2, 0.25) is 0 Å². The van der Waals surface area contributed by atoms with Crippen LogP contribution in [0, 0.1) is 16.0 Å². The van der Waals surface area contributed by atoms with Gasteiger partial charge in [0.1, 0.15) is 0 Å². The Hall–Kier alpha value is -4.19. The van der Waals surface area contributed by atoms with Gasteiger partial charge in [0.05, 0.1) is 33.7 Å². The van der Waals surface area contributed by atoms with Gasteiger partial charge in [-0.1, -0.05) is 60.7 Å². The van der Waals surface area contributed by atoms with Crippen molar-refractivity contribution in [3.05, 3.63) is 116 Å². The number of carbonyl (C=O) groups is 2. The molecule has 3 aromatic carbocycles. The van der Waals surface area contributed by atoms with Crippen molar-refractivity contribution in [3.63, 3.8) is 0 Å². The lowest BCUT2D eigenvalue weighted by Gasteiger charge is -2.26. The standard InChI is InChI=1S/C25H14N2O4/c28-24-15-9-3-1-7-13(15)22-20(24)19(17-11-5-6-12-18(17)27(30)31)21-23(26-22)14-8-2-4-10-16(14)25(21)29/h1-12,20,22H. The van der Waals surface area contributed by atoms with Crippen molar-refractivity contribution >= 4 is 28.5 Å². The maximum absolute atomic E-state index is 13.5. The Morgan fingerprint density at radius 1 is 0.774 bits per heavy atom. The lowest BCUT2D eigenvalue weighted by molar-refractivity contribution is -0.385. The largest absolute Gasteiger partial charge is 0.293 e. The van der Waals surface area contributed by atoms with Crippen molar-refractivity contribution < 1.29 is 14.5 Å². The summed E-state index contributed by atoms with van der Waals surface area (Å²) in [5.41, 5.74) is 3.95. The fourth-order valence-electron chi connectivity index (χ4n) is 5.01. The summed E-state index contributed by atoms with van der Waals surface area (Å²) < 4.78 is 0. The Labute approximate surface area is 176 Å². The number of fused-ring (bicyclic) bond motifs is 6. The van der Waals surface area contributed by atoms with Gasteiger partial charge < -0.3 is 0 Å². The number of carbonyl (C=O) groups excluding carboxylic acids is 2. The van der Waals surface area contributed by atoms with Gasteiger partial charge in [0.15, 0.2) is 11.6 Å². The SMILES string of the molecule is O=C1C2=C(c3ccccc3[N+](=O)[O-])C3C(=O)c4ccccc4C3N=C2c2ccccc21. The molecule has 0 amide bonds. The van der Waals surface area contributed by atoms with Crippen LogP contribution in [0.1, 0.15) is 43.4 Å². The molecule has 6 rings (SSSR count). The molecule has 1 heterocycles. The molecule has 2 aliphatic carbocycles. The van der Waals surface area contributed by atoms with Crippen LogP contribution in [0.15, 0.2) is 83.4 Å². The number of para-hydroxylation sites is 1. The third-order valence-electron chi connectivity index (χ3n) is 6.27. The van der Waals surface area contributed by atoms with Crippen molar-refractivity contribution in [2.75, 3.05) is 0 Å². The zero-order valence-corrected chi connectivity index (χ0v) is 16.1. The fourth-order valence-corrected chi connectivity index (χ4v) is 5.01. The van der Waals surface area contributed by atoms with Crippen LogP contribution in [-0.4, -0.2) is 22.2 Å². The highest BCUT2D eigenvalue weighted by molar-refractivity contribution is 6.45. The average molecular weight is 406 g/mol. The Kier molecular flexibility index (Phi) is 3.50. The van der Waals surface area contributed by atoms with Gasteiger partial charge in [0.2, 0.25) is 0 Å². The van der Waals surface area contributed by atoms with Crippen molar-refractivity contribution in [2.45, 2.75) is 6.04 Å². The number of nitro benzene ring substituents is 1. The monoisotopic (exact) mass is 406 g/mol. The molecule has 3 aromatic rings. The number of ketones is 2. The van der Waals surface area contributed by atoms with Crippen molar-refractivity contribution in [3.8, 4) is 0 Å². The van der Waals surface area contributed by atoms with Crippen LogP contribution in [0.4, 0.5) is 5.69 Å². The van der Waals surface area contributed by atoms with Gasteiger partial charge >= 0.3 is 0 Å². The van der Waals surface area contributed by atoms with Gasteiger partial charge in [-0.15, -0.1) is 0 Å². The molecular formula is C25H14N2O4. The summed E-state index contributed by atoms with van der Waals surface area (Å²) in [5, 5.41) is 11.8. The topological polar surface area (TPSA) is 89.6 Å². The van der Waals surface area contributed by atoms with E-state index in [2.05, 4.69) is 0 Å². The van der Waals surface area contributed by atoms with Crippen LogP contribution in [0.3, 0.4) is 0 Å². The average Bonchev–Trinajstić information content (AvgIpc) is 3.25. The maximum atomic E-state index is 13.5. The Balaban J connectivity index is 1.72. The van der Waals surface area contributed by atoms with Crippen molar-refractivity contribution in [1.82, 2.24) is 0 Å². The molecule has 0 bridgehead atoms. The number of allylic oxidation sites excluding steroid dienone is 1. The van der Waals surface area contributed by atoms with Gasteiger partial charge in [0, 0.05) is 22.8 Å². The van der Waals surface area contributed by atoms with E-state index in [-0.39, 0.29) is 17.3 Å². The van der Waals surface area contributed by atoms with E-state index in [4.69, 9.17) is 4.99 Å². The van der Waals surface area contributed by atoms with E-state index in [1.54, 1.807) is 42.5 Å². The quantitative estimate of drug-likeness (QED) is 0.459. The molecule has 6 heteroatoms. The predicted octanol–water partition coefficient (Wildman–Crippen LogP) is 4.60. The number of Topliss-reactive ketones (excluding diaryl/α,β-unsaturated/α-hetero) is 2. The van der Waals surface area contributed by atoms with E-state index < -0.39 is 16.9 Å². The zero-order valence-electron chi connectivity index (χ0n) is 16.1. The minimum atomic E-state index is -0.768. The third-order valence-corrected chi connectivity index (χ3v) is 6.27. The van der Waals surface area contributed by atoms with Gasteiger partial charge in [0.25, 0.3) is 5.69 Å². The number of benzene rings is 3. The third kappa shape index (κ3) is 2.24. The molecule has 0 fully saturated rings. The minimum absolute atomic E-state index is 0.127. The molecule has 148 valence electrons. The van der Waals surface area contributed by atoms with Crippen molar-refractivity contribution in [1.29, 1.82) is 0 Å². The normalized spacial score (nSPS) is 20.7. The number of aliphatic imine (C=N–C) groups is 1. The Morgan fingerprint density at radius 3 is 2.13 bits per heavy atom. The number of nitrogens with zero attached hydrogens (tertiary/aromatic N) is 2. The van der Waals surface area contributed by atoms with Crippen LogP contribution < -0.4 is 0 Å². The number of hydrogen-bond donors (Lipinski definition) is 0.